The molecule has 1 aromatic rings. The number of carbonyl (C=O) groups is 1. The number of carbonyl (C=O) groups excluding carboxylic acids is 1. The van der Waals surface area contributed by atoms with Gasteiger partial charge in [-0.05, 0) is 30.9 Å². The van der Waals surface area contributed by atoms with Gasteiger partial charge in [0.25, 0.3) is 0 Å². The third kappa shape index (κ3) is 2.15. The molecule has 1 atom stereocenters. The summed E-state index contributed by atoms with van der Waals surface area (Å²) in [6.45, 7) is 4.16. The minimum Gasteiger partial charge on any atom is -0.495 e. The molecule has 0 amide bonds. The number of ether oxygens (including phenoxy) is 1. The number of fused-ring (bicyclic) bond motifs is 1. The van der Waals surface area contributed by atoms with E-state index in [9.17, 15) is 4.79 Å². The first-order valence-electron chi connectivity index (χ1n) is 6.60. The van der Waals surface area contributed by atoms with Gasteiger partial charge in [-0.25, -0.2) is 0 Å². The van der Waals surface area contributed by atoms with E-state index in [0.29, 0.717) is 21.4 Å². The number of ketones is 1. The zero-order chi connectivity index (χ0) is 14.2. The highest BCUT2D eigenvalue weighted by Crippen LogP contribution is 2.49. The molecule has 1 aliphatic rings. The van der Waals surface area contributed by atoms with Crippen LogP contribution in [-0.2, 0) is 6.42 Å². The van der Waals surface area contributed by atoms with Gasteiger partial charge in [0, 0.05) is 11.0 Å². The van der Waals surface area contributed by atoms with Gasteiger partial charge in [-0.2, -0.15) is 0 Å². The van der Waals surface area contributed by atoms with E-state index in [-0.39, 0.29) is 11.2 Å². The standard InChI is InChI=1S/C15H18Cl2O2/c1-4-6-15(5-2)8-9-7-10(19-3)12(16)13(17)11(9)14(15)18/h7H,4-6,8H2,1-3H3. The fraction of sp³-hybridized carbons (Fsp3) is 0.533. The molecule has 0 spiro atoms. The molecule has 2 rings (SSSR count). The Labute approximate surface area is 124 Å². The van der Waals surface area contributed by atoms with Gasteiger partial charge >= 0.3 is 0 Å². The maximum atomic E-state index is 12.7. The van der Waals surface area contributed by atoms with Crippen LogP contribution in [0.25, 0.3) is 0 Å². The van der Waals surface area contributed by atoms with Crippen LogP contribution in [0.4, 0.5) is 0 Å². The Bertz CT molecular complexity index is 525. The van der Waals surface area contributed by atoms with Gasteiger partial charge in [0.2, 0.25) is 0 Å². The van der Waals surface area contributed by atoms with Gasteiger partial charge in [0.05, 0.1) is 12.1 Å². The van der Waals surface area contributed by atoms with Crippen LogP contribution in [0, 0.1) is 5.41 Å². The van der Waals surface area contributed by atoms with Gasteiger partial charge < -0.3 is 4.74 Å². The monoisotopic (exact) mass is 300 g/mol. The Morgan fingerprint density at radius 3 is 2.53 bits per heavy atom. The summed E-state index contributed by atoms with van der Waals surface area (Å²) >= 11 is 12.4. The van der Waals surface area contributed by atoms with E-state index in [1.807, 2.05) is 6.07 Å². The molecule has 2 nitrogen and oxygen atoms in total. The summed E-state index contributed by atoms with van der Waals surface area (Å²) in [7, 11) is 1.56. The summed E-state index contributed by atoms with van der Waals surface area (Å²) in [4.78, 5) is 12.7. The van der Waals surface area contributed by atoms with E-state index in [4.69, 9.17) is 27.9 Å². The number of hydrogen-bond acceptors (Lipinski definition) is 2. The van der Waals surface area contributed by atoms with Gasteiger partial charge in [-0.1, -0.05) is 43.5 Å². The molecule has 0 bridgehead atoms. The van der Waals surface area contributed by atoms with Crippen molar-refractivity contribution in [1.82, 2.24) is 0 Å². The number of benzene rings is 1. The van der Waals surface area contributed by atoms with Crippen molar-refractivity contribution >= 4 is 29.0 Å². The predicted octanol–water partition coefficient (Wildman–Crippen LogP) is 4.94. The Hall–Kier alpha value is -0.730. The van der Waals surface area contributed by atoms with Crippen molar-refractivity contribution in [3.63, 3.8) is 0 Å². The molecular formula is C15H18Cl2O2. The molecule has 0 heterocycles. The highest BCUT2D eigenvalue weighted by molar-refractivity contribution is 6.45. The SMILES string of the molecule is CCCC1(CC)Cc2cc(OC)c(Cl)c(Cl)c2C1=O. The fourth-order valence-electron chi connectivity index (χ4n) is 3.04. The van der Waals surface area contributed by atoms with Gasteiger partial charge in [-0.15, -0.1) is 0 Å². The van der Waals surface area contributed by atoms with E-state index in [2.05, 4.69) is 13.8 Å². The Morgan fingerprint density at radius 1 is 1.32 bits per heavy atom. The molecule has 1 unspecified atom stereocenters. The number of methoxy groups -OCH3 is 1. The molecule has 0 fully saturated rings. The Kier molecular flexibility index (Phi) is 4.12. The first-order chi connectivity index (χ1) is 9.00. The zero-order valence-electron chi connectivity index (χ0n) is 11.5. The molecule has 0 N–H and O–H groups in total. The molecule has 104 valence electrons. The predicted molar refractivity (Wildman–Crippen MR) is 78.7 cm³/mol. The van der Waals surface area contributed by atoms with Crippen LogP contribution in [0.2, 0.25) is 10.0 Å². The molecule has 4 heteroatoms. The quantitative estimate of drug-likeness (QED) is 0.787. The maximum Gasteiger partial charge on any atom is 0.171 e. The molecule has 0 aromatic heterocycles. The average Bonchev–Trinajstić information content (AvgIpc) is 2.68. The second-order valence-corrected chi connectivity index (χ2v) is 5.89. The lowest BCUT2D eigenvalue weighted by Crippen LogP contribution is -2.27. The van der Waals surface area contributed by atoms with Crippen molar-refractivity contribution < 1.29 is 9.53 Å². The Morgan fingerprint density at radius 2 is 2.00 bits per heavy atom. The zero-order valence-corrected chi connectivity index (χ0v) is 13.0. The highest BCUT2D eigenvalue weighted by Gasteiger charge is 2.45. The molecule has 0 aliphatic heterocycles. The molecule has 0 radical (unpaired) electrons. The molecule has 19 heavy (non-hydrogen) atoms. The second-order valence-electron chi connectivity index (χ2n) is 5.13. The smallest absolute Gasteiger partial charge is 0.171 e. The molecular weight excluding hydrogens is 283 g/mol. The van der Waals surface area contributed by atoms with E-state index in [0.717, 1.165) is 31.2 Å². The van der Waals surface area contributed by atoms with E-state index in [1.54, 1.807) is 7.11 Å². The first-order valence-corrected chi connectivity index (χ1v) is 7.36. The van der Waals surface area contributed by atoms with Crippen molar-refractivity contribution in [2.75, 3.05) is 7.11 Å². The van der Waals surface area contributed by atoms with Crippen molar-refractivity contribution in [3.05, 3.63) is 27.2 Å². The second kappa shape index (κ2) is 5.34. The lowest BCUT2D eigenvalue weighted by Gasteiger charge is -2.24. The minimum absolute atomic E-state index is 0.140. The summed E-state index contributed by atoms with van der Waals surface area (Å²) in [5.41, 5.74) is 1.26. The number of rotatable bonds is 4. The van der Waals surface area contributed by atoms with Crippen LogP contribution in [0.1, 0.15) is 49.0 Å². The van der Waals surface area contributed by atoms with Crippen LogP contribution < -0.4 is 4.74 Å². The van der Waals surface area contributed by atoms with Gasteiger partial charge in [-0.3, -0.25) is 4.79 Å². The number of Topliss-reactive ketones (excluding diaryl/α,β-unsaturated/α-hetero) is 1. The van der Waals surface area contributed by atoms with Crippen LogP contribution in [0.15, 0.2) is 6.07 Å². The van der Waals surface area contributed by atoms with Crippen LogP contribution in [0.5, 0.6) is 5.75 Å². The van der Waals surface area contributed by atoms with E-state index < -0.39 is 0 Å². The maximum absolute atomic E-state index is 12.7. The summed E-state index contributed by atoms with van der Waals surface area (Å²) < 4.78 is 5.22. The third-order valence-electron chi connectivity index (χ3n) is 4.12. The normalized spacial score (nSPS) is 21.6. The number of halogens is 2. The highest BCUT2D eigenvalue weighted by atomic mass is 35.5. The minimum atomic E-state index is -0.309. The summed E-state index contributed by atoms with van der Waals surface area (Å²) in [5, 5.41) is 0.673. The average molecular weight is 301 g/mol. The lowest BCUT2D eigenvalue weighted by molar-refractivity contribution is 0.0795. The van der Waals surface area contributed by atoms with Crippen LogP contribution in [0.3, 0.4) is 0 Å². The van der Waals surface area contributed by atoms with Crippen LogP contribution >= 0.6 is 23.2 Å². The summed E-state index contributed by atoms with van der Waals surface area (Å²) in [6.07, 6.45) is 3.42. The van der Waals surface area contributed by atoms with Crippen molar-refractivity contribution in [2.45, 2.75) is 39.5 Å². The molecule has 1 aromatic carbocycles. The summed E-state index contributed by atoms with van der Waals surface area (Å²) in [6, 6.07) is 1.86. The van der Waals surface area contributed by atoms with Crippen molar-refractivity contribution in [2.24, 2.45) is 5.41 Å². The van der Waals surface area contributed by atoms with Gasteiger partial charge in [0.15, 0.2) is 5.78 Å². The fourth-order valence-corrected chi connectivity index (χ4v) is 3.57. The van der Waals surface area contributed by atoms with E-state index >= 15 is 0 Å². The lowest BCUT2D eigenvalue weighted by atomic mass is 9.77. The first kappa shape index (κ1) is 14.7. The largest absolute Gasteiger partial charge is 0.495 e. The van der Waals surface area contributed by atoms with Crippen LogP contribution in [-0.4, -0.2) is 12.9 Å². The topological polar surface area (TPSA) is 26.3 Å². The number of hydrogen-bond donors (Lipinski definition) is 0. The van der Waals surface area contributed by atoms with Crippen molar-refractivity contribution in [3.8, 4) is 5.75 Å². The summed E-state index contributed by atoms with van der Waals surface area (Å²) in [5.74, 6) is 0.683. The molecule has 1 aliphatic carbocycles. The van der Waals surface area contributed by atoms with Gasteiger partial charge in [0.1, 0.15) is 10.8 Å². The Balaban J connectivity index is 2.57. The third-order valence-corrected chi connectivity index (χ3v) is 4.97. The molecule has 0 saturated heterocycles. The van der Waals surface area contributed by atoms with Crippen molar-refractivity contribution in [1.29, 1.82) is 0 Å². The molecule has 0 saturated carbocycles. The van der Waals surface area contributed by atoms with E-state index in [1.165, 1.54) is 0 Å².